The monoisotopic (exact) mass is 543 g/mol. The maximum absolute atomic E-state index is 9.65. The van der Waals surface area contributed by atoms with E-state index in [4.69, 9.17) is 0 Å². The predicted octanol–water partition coefficient (Wildman–Crippen LogP) is 9.22. The van der Waals surface area contributed by atoms with Gasteiger partial charge in [0, 0.05) is 0 Å². The molecule has 0 saturated carbocycles. The van der Waals surface area contributed by atoms with Gasteiger partial charge in [-0.2, -0.15) is 17.9 Å². The van der Waals surface area contributed by atoms with Crippen LogP contribution < -0.4 is 0 Å². The van der Waals surface area contributed by atoms with E-state index in [1.807, 2.05) is 0 Å². The molecular formula is C37H53NS. The molecule has 0 aliphatic heterocycles. The first kappa shape index (κ1) is 30.2. The Morgan fingerprint density at radius 3 is 0.821 bits per heavy atom. The van der Waals surface area contributed by atoms with Crippen molar-refractivity contribution in [2.75, 3.05) is 6.26 Å². The Kier molecular flexibility index (Phi) is 7.74. The van der Waals surface area contributed by atoms with Crippen molar-refractivity contribution >= 4 is 12.6 Å². The molecule has 0 atom stereocenters. The summed E-state index contributed by atoms with van der Waals surface area (Å²) >= 11 is 3.53. The number of hydrogen-bond donors (Lipinski definition) is 1. The van der Waals surface area contributed by atoms with Crippen LogP contribution in [0.1, 0.15) is 122 Å². The normalized spacial score (nSPS) is 21.4. The summed E-state index contributed by atoms with van der Waals surface area (Å²) in [4.78, 5) is 0. The second-order valence-corrected chi connectivity index (χ2v) is 16.3. The fraction of sp³-hybridized carbons (Fsp3) is 0.649. The Labute approximate surface area is 245 Å². The average molecular weight is 544 g/mol. The zero-order valence-electron chi connectivity index (χ0n) is 27.1. The number of nitrogens with zero attached hydrogens (tertiary/aromatic N) is 1. The molecule has 0 radical (unpaired) electrons. The molecule has 1 nitrogen and oxygen atoms in total. The highest BCUT2D eigenvalue weighted by Crippen LogP contribution is 2.48. The van der Waals surface area contributed by atoms with Crippen LogP contribution in [-0.2, 0) is 51.4 Å². The standard InChI is InChI=1S/C18H23N.C18H26.CH4S/c1-11-12-6-17(2,3)8-14(12)16(10-19)15-9-18(4,5)7-13(11)15;1-11-13-7-17(3,4)9-15(13)12(2)16-10-18(5,6)8-14(11)16;1-2/h6-9H2,1-5H3;7-10H2,1-6H3;2H,1H3. The van der Waals surface area contributed by atoms with Gasteiger partial charge in [-0.1, -0.05) is 55.4 Å². The van der Waals surface area contributed by atoms with Gasteiger partial charge in [-0.05, 0) is 161 Å². The number of nitriles is 1. The highest BCUT2D eigenvalue weighted by Gasteiger charge is 2.39. The van der Waals surface area contributed by atoms with Gasteiger partial charge in [0.1, 0.15) is 0 Å². The molecule has 0 amide bonds. The average Bonchev–Trinajstić information content (AvgIpc) is 3.54. The third-order valence-electron chi connectivity index (χ3n) is 10.1. The molecule has 39 heavy (non-hydrogen) atoms. The van der Waals surface area contributed by atoms with Crippen molar-refractivity contribution in [3.63, 3.8) is 0 Å². The summed E-state index contributed by atoms with van der Waals surface area (Å²) in [7, 11) is 0. The maximum atomic E-state index is 9.65. The van der Waals surface area contributed by atoms with Gasteiger partial charge in [-0.3, -0.25) is 0 Å². The van der Waals surface area contributed by atoms with Crippen LogP contribution in [0.25, 0.3) is 0 Å². The molecule has 0 heterocycles. The number of benzene rings is 2. The lowest BCUT2D eigenvalue weighted by molar-refractivity contribution is 0.386. The minimum Gasteiger partial charge on any atom is -0.192 e. The zero-order valence-corrected chi connectivity index (χ0v) is 27.9. The highest BCUT2D eigenvalue weighted by molar-refractivity contribution is 7.79. The summed E-state index contributed by atoms with van der Waals surface area (Å²) in [5.74, 6) is 0. The summed E-state index contributed by atoms with van der Waals surface area (Å²) in [5.41, 5.74) is 19.8. The second-order valence-electron chi connectivity index (χ2n) is 16.3. The molecule has 212 valence electrons. The third-order valence-corrected chi connectivity index (χ3v) is 10.1. The van der Waals surface area contributed by atoms with Crippen molar-refractivity contribution in [3.05, 3.63) is 66.8 Å². The third kappa shape index (κ3) is 5.47. The summed E-state index contributed by atoms with van der Waals surface area (Å²) < 4.78 is 0. The highest BCUT2D eigenvalue weighted by atomic mass is 32.1. The maximum Gasteiger partial charge on any atom is 0.0997 e. The van der Waals surface area contributed by atoms with Gasteiger partial charge in [0.2, 0.25) is 0 Å². The van der Waals surface area contributed by atoms with E-state index in [0.717, 1.165) is 31.2 Å². The summed E-state index contributed by atoms with van der Waals surface area (Å²) in [6.07, 6.45) is 11.2. The Balaban J connectivity index is 0.000000170. The van der Waals surface area contributed by atoms with Crippen molar-refractivity contribution in [1.82, 2.24) is 0 Å². The van der Waals surface area contributed by atoms with E-state index in [-0.39, 0.29) is 0 Å². The van der Waals surface area contributed by atoms with Crippen molar-refractivity contribution in [3.8, 4) is 6.07 Å². The van der Waals surface area contributed by atoms with Gasteiger partial charge in [-0.25, -0.2) is 0 Å². The van der Waals surface area contributed by atoms with Crippen LogP contribution in [0.5, 0.6) is 0 Å². The first-order valence-corrected chi connectivity index (χ1v) is 16.0. The molecule has 0 aromatic heterocycles. The smallest absolute Gasteiger partial charge is 0.0997 e. The molecule has 2 aromatic carbocycles. The summed E-state index contributed by atoms with van der Waals surface area (Å²) in [6, 6.07) is 2.53. The summed E-state index contributed by atoms with van der Waals surface area (Å²) in [5, 5.41) is 9.65. The SMILES string of the molecule is CS.Cc1c2c(c(C#N)c3c1CC(C)(C)C3)CC(C)(C)C2.Cc1c2c(c(C)c3c1CC(C)(C)C3)CC(C)(C)C2. The Bertz CT molecular complexity index is 1220. The molecule has 0 saturated heterocycles. The van der Waals surface area contributed by atoms with E-state index in [2.05, 4.69) is 94.9 Å². The number of hydrogen-bond acceptors (Lipinski definition) is 2. The molecule has 6 rings (SSSR count). The van der Waals surface area contributed by atoms with Crippen molar-refractivity contribution in [2.45, 2.75) is 128 Å². The van der Waals surface area contributed by atoms with Crippen molar-refractivity contribution in [1.29, 1.82) is 5.26 Å². The van der Waals surface area contributed by atoms with E-state index in [9.17, 15) is 5.26 Å². The van der Waals surface area contributed by atoms with Gasteiger partial charge in [0.25, 0.3) is 0 Å². The topological polar surface area (TPSA) is 23.8 Å². The molecule has 2 aromatic rings. The number of fused-ring (bicyclic) bond motifs is 4. The van der Waals surface area contributed by atoms with Gasteiger partial charge >= 0.3 is 0 Å². The van der Waals surface area contributed by atoms with E-state index < -0.39 is 0 Å². The fourth-order valence-electron chi connectivity index (χ4n) is 8.43. The van der Waals surface area contributed by atoms with Crippen LogP contribution in [0.4, 0.5) is 0 Å². The van der Waals surface area contributed by atoms with Gasteiger partial charge in [0.15, 0.2) is 0 Å². The van der Waals surface area contributed by atoms with Crippen LogP contribution in [0, 0.1) is 53.8 Å². The first-order valence-electron chi connectivity index (χ1n) is 15.1. The molecule has 0 fully saturated rings. The van der Waals surface area contributed by atoms with Crippen LogP contribution in [0.15, 0.2) is 0 Å². The largest absolute Gasteiger partial charge is 0.192 e. The minimum atomic E-state index is 0.323. The molecule has 0 unspecified atom stereocenters. The summed E-state index contributed by atoms with van der Waals surface area (Å²) in [6.45, 7) is 26.0. The predicted molar refractivity (Wildman–Crippen MR) is 171 cm³/mol. The molecule has 0 bridgehead atoms. The number of rotatable bonds is 0. The molecule has 0 spiro atoms. The minimum absolute atomic E-state index is 0.323. The van der Waals surface area contributed by atoms with E-state index in [0.29, 0.717) is 21.7 Å². The Morgan fingerprint density at radius 2 is 0.615 bits per heavy atom. The Morgan fingerprint density at radius 1 is 0.436 bits per heavy atom. The lowest BCUT2D eigenvalue weighted by Gasteiger charge is -2.17. The fourth-order valence-corrected chi connectivity index (χ4v) is 8.43. The lowest BCUT2D eigenvalue weighted by Crippen LogP contribution is -2.11. The van der Waals surface area contributed by atoms with Crippen molar-refractivity contribution < 1.29 is 0 Å². The molecule has 4 aliphatic rings. The van der Waals surface area contributed by atoms with Crippen LogP contribution in [0.3, 0.4) is 0 Å². The van der Waals surface area contributed by atoms with Crippen molar-refractivity contribution in [2.24, 2.45) is 21.7 Å². The first-order chi connectivity index (χ1) is 17.9. The Hall–Kier alpha value is -1.72. The zero-order chi connectivity index (χ0) is 29.3. The van der Waals surface area contributed by atoms with Crippen LogP contribution in [0.2, 0.25) is 0 Å². The van der Waals surface area contributed by atoms with E-state index in [1.165, 1.54) is 53.5 Å². The van der Waals surface area contributed by atoms with Gasteiger partial charge in [0.05, 0.1) is 11.6 Å². The number of thiol groups is 1. The molecule has 2 heteroatoms. The second kappa shape index (κ2) is 9.98. The van der Waals surface area contributed by atoms with Gasteiger partial charge in [-0.15, -0.1) is 0 Å². The molecule has 0 N–H and O–H groups in total. The molecular weight excluding hydrogens is 490 g/mol. The lowest BCUT2D eigenvalue weighted by atomic mass is 9.88. The van der Waals surface area contributed by atoms with E-state index >= 15 is 0 Å². The van der Waals surface area contributed by atoms with Gasteiger partial charge < -0.3 is 0 Å². The van der Waals surface area contributed by atoms with Crippen LogP contribution in [-0.4, -0.2) is 6.26 Å². The molecule has 4 aliphatic carbocycles. The van der Waals surface area contributed by atoms with E-state index in [1.54, 1.807) is 39.6 Å². The van der Waals surface area contributed by atoms with Crippen LogP contribution >= 0.6 is 12.6 Å². The quantitative estimate of drug-likeness (QED) is 0.329.